The van der Waals surface area contributed by atoms with E-state index in [0.29, 0.717) is 16.3 Å². The average molecular weight is 420 g/mol. The third kappa shape index (κ3) is 5.70. The summed E-state index contributed by atoms with van der Waals surface area (Å²) in [5.74, 6) is -1.35. The van der Waals surface area contributed by atoms with Gasteiger partial charge in [-0.05, 0) is 51.1 Å². The molecule has 0 amide bonds. The lowest BCUT2D eigenvalue weighted by molar-refractivity contribution is 0.564. The van der Waals surface area contributed by atoms with Crippen molar-refractivity contribution < 1.29 is 13.0 Å². The molecule has 142 valence electrons. The highest BCUT2D eigenvalue weighted by molar-refractivity contribution is 7.98. The SMILES string of the molecule is CSc1cnc([C@H](Cc2cc(F)cc(F)c2)N[S@@](=O)C(C)(C)C)c(Cl)n1. The first-order chi connectivity index (χ1) is 12.1. The first kappa shape index (κ1) is 21.2. The summed E-state index contributed by atoms with van der Waals surface area (Å²) in [5, 5.41) is 0.809. The fraction of sp³-hybridized carbons (Fsp3) is 0.412. The van der Waals surface area contributed by atoms with Gasteiger partial charge in [-0.15, -0.1) is 11.8 Å². The molecule has 0 radical (unpaired) electrons. The second-order valence-corrected chi connectivity index (χ2v) is 9.80. The Labute approximate surface area is 163 Å². The maximum atomic E-state index is 13.5. The van der Waals surface area contributed by atoms with Crippen LogP contribution in [0.15, 0.2) is 29.4 Å². The molecule has 1 aromatic carbocycles. The van der Waals surface area contributed by atoms with Crippen LogP contribution in [0.1, 0.15) is 38.1 Å². The van der Waals surface area contributed by atoms with E-state index in [4.69, 9.17) is 11.6 Å². The fourth-order valence-corrected chi connectivity index (χ4v) is 3.63. The molecule has 2 atom stereocenters. The number of hydrogen-bond donors (Lipinski definition) is 1. The minimum absolute atomic E-state index is 0.156. The molecular formula is C17H20ClF2N3OS2. The van der Waals surface area contributed by atoms with Crippen molar-refractivity contribution in [3.05, 3.63) is 52.4 Å². The smallest absolute Gasteiger partial charge is 0.153 e. The highest BCUT2D eigenvalue weighted by atomic mass is 35.5. The lowest BCUT2D eigenvalue weighted by Crippen LogP contribution is -2.37. The van der Waals surface area contributed by atoms with Gasteiger partial charge in [0.25, 0.3) is 0 Å². The van der Waals surface area contributed by atoms with Crippen LogP contribution in [0.4, 0.5) is 8.78 Å². The second kappa shape index (κ2) is 8.73. The number of nitrogens with one attached hydrogen (secondary N) is 1. The molecule has 1 N–H and O–H groups in total. The Morgan fingerprint density at radius 1 is 1.27 bits per heavy atom. The summed E-state index contributed by atoms with van der Waals surface area (Å²) in [5.41, 5.74) is 0.782. The molecule has 0 saturated carbocycles. The van der Waals surface area contributed by atoms with E-state index >= 15 is 0 Å². The molecule has 0 aliphatic carbocycles. The molecule has 4 nitrogen and oxygen atoms in total. The largest absolute Gasteiger partial charge is 0.254 e. The quantitative estimate of drug-likeness (QED) is 0.702. The van der Waals surface area contributed by atoms with Crippen LogP contribution < -0.4 is 4.72 Å². The molecule has 0 unspecified atom stereocenters. The van der Waals surface area contributed by atoms with Crippen molar-refractivity contribution in [3.63, 3.8) is 0 Å². The Morgan fingerprint density at radius 3 is 2.38 bits per heavy atom. The standard InChI is InChI=1S/C17H20ClF2N3OS2/c1-17(2,3)26(24)23-13(7-10-5-11(19)8-12(20)6-10)15-16(18)22-14(25-4)9-21-15/h5-6,8-9,13,23H,7H2,1-4H3/t13-,26-/m0/s1. The van der Waals surface area contributed by atoms with Crippen molar-refractivity contribution in [2.75, 3.05) is 6.26 Å². The monoisotopic (exact) mass is 419 g/mol. The van der Waals surface area contributed by atoms with Gasteiger partial charge in [-0.1, -0.05) is 11.6 Å². The van der Waals surface area contributed by atoms with Gasteiger partial charge in [0.2, 0.25) is 0 Å². The summed E-state index contributed by atoms with van der Waals surface area (Å²) < 4.78 is 42.1. The zero-order valence-corrected chi connectivity index (χ0v) is 17.2. The Kier molecular flexibility index (Phi) is 7.12. The van der Waals surface area contributed by atoms with Crippen LogP contribution >= 0.6 is 23.4 Å². The van der Waals surface area contributed by atoms with Crippen molar-refractivity contribution in [2.24, 2.45) is 0 Å². The van der Waals surface area contributed by atoms with Gasteiger partial charge in [0.05, 0.1) is 33.7 Å². The number of hydrogen-bond acceptors (Lipinski definition) is 4. The number of nitrogens with zero attached hydrogens (tertiary/aromatic N) is 2. The lowest BCUT2D eigenvalue weighted by atomic mass is 10.0. The summed E-state index contributed by atoms with van der Waals surface area (Å²) in [6.07, 6.45) is 3.57. The first-order valence-electron chi connectivity index (χ1n) is 7.79. The number of benzene rings is 1. The number of rotatable bonds is 6. The van der Waals surface area contributed by atoms with E-state index in [1.165, 1.54) is 23.9 Å². The molecule has 0 saturated heterocycles. The Morgan fingerprint density at radius 2 is 1.88 bits per heavy atom. The molecule has 2 aromatic rings. The van der Waals surface area contributed by atoms with Crippen LogP contribution in [-0.2, 0) is 17.4 Å². The number of thioether (sulfide) groups is 1. The molecule has 2 rings (SSSR count). The second-order valence-electron chi connectivity index (χ2n) is 6.62. The van der Waals surface area contributed by atoms with Crippen molar-refractivity contribution in [1.82, 2.24) is 14.7 Å². The minimum Gasteiger partial charge on any atom is -0.254 e. The van der Waals surface area contributed by atoms with E-state index < -0.39 is 33.4 Å². The molecule has 1 aromatic heterocycles. The van der Waals surface area contributed by atoms with Crippen molar-refractivity contribution in [2.45, 2.75) is 43.0 Å². The molecule has 9 heteroatoms. The summed E-state index contributed by atoms with van der Waals surface area (Å²) in [6.45, 7) is 5.46. The predicted octanol–water partition coefficient (Wildman–Crippen LogP) is 4.47. The van der Waals surface area contributed by atoms with Crippen molar-refractivity contribution in [1.29, 1.82) is 0 Å². The van der Waals surface area contributed by atoms with Crippen LogP contribution in [0.5, 0.6) is 0 Å². The number of aromatic nitrogens is 2. The Balaban J connectivity index is 2.40. The van der Waals surface area contributed by atoms with Crippen LogP contribution in [0.3, 0.4) is 0 Å². The highest BCUT2D eigenvalue weighted by Gasteiger charge is 2.26. The maximum Gasteiger partial charge on any atom is 0.153 e. The zero-order valence-electron chi connectivity index (χ0n) is 14.8. The summed E-state index contributed by atoms with van der Waals surface area (Å²) >= 11 is 7.65. The van der Waals surface area contributed by atoms with Gasteiger partial charge in [0.1, 0.15) is 16.7 Å². The van der Waals surface area contributed by atoms with Crippen LogP contribution in [0.25, 0.3) is 0 Å². The summed E-state index contributed by atoms with van der Waals surface area (Å²) in [4.78, 5) is 8.56. The maximum absolute atomic E-state index is 13.5. The van der Waals surface area contributed by atoms with E-state index in [0.717, 1.165) is 6.07 Å². The van der Waals surface area contributed by atoms with E-state index in [2.05, 4.69) is 14.7 Å². The molecule has 0 aliphatic heterocycles. The van der Waals surface area contributed by atoms with E-state index in [1.807, 2.05) is 27.0 Å². The summed E-state index contributed by atoms with van der Waals surface area (Å²) in [6, 6.07) is 2.65. The third-order valence-corrected chi connectivity index (χ3v) is 5.94. The molecule has 1 heterocycles. The van der Waals surface area contributed by atoms with E-state index in [-0.39, 0.29) is 11.6 Å². The van der Waals surface area contributed by atoms with Gasteiger partial charge in [-0.2, -0.15) is 0 Å². The van der Waals surface area contributed by atoms with Gasteiger partial charge in [0, 0.05) is 6.07 Å². The van der Waals surface area contributed by atoms with Crippen molar-refractivity contribution in [3.8, 4) is 0 Å². The van der Waals surface area contributed by atoms with Gasteiger partial charge in [-0.3, -0.25) is 4.98 Å². The molecule has 0 aliphatic rings. The topological polar surface area (TPSA) is 54.9 Å². The minimum atomic E-state index is -1.44. The summed E-state index contributed by atoms with van der Waals surface area (Å²) in [7, 11) is -1.44. The van der Waals surface area contributed by atoms with E-state index in [9.17, 15) is 13.0 Å². The highest BCUT2D eigenvalue weighted by Crippen LogP contribution is 2.27. The van der Waals surface area contributed by atoms with Crippen LogP contribution in [-0.4, -0.2) is 25.2 Å². The average Bonchev–Trinajstić information content (AvgIpc) is 2.52. The Bertz CT molecular complexity index is 795. The van der Waals surface area contributed by atoms with Gasteiger partial charge < -0.3 is 0 Å². The third-order valence-electron chi connectivity index (χ3n) is 3.44. The predicted molar refractivity (Wildman–Crippen MR) is 103 cm³/mol. The van der Waals surface area contributed by atoms with Crippen LogP contribution in [0.2, 0.25) is 5.15 Å². The fourth-order valence-electron chi connectivity index (χ4n) is 2.16. The first-order valence-corrected chi connectivity index (χ1v) is 10.5. The van der Waals surface area contributed by atoms with Crippen molar-refractivity contribution >= 4 is 34.3 Å². The molecule has 0 bridgehead atoms. The molecular weight excluding hydrogens is 400 g/mol. The molecule has 0 fully saturated rings. The molecule has 26 heavy (non-hydrogen) atoms. The van der Waals surface area contributed by atoms with Gasteiger partial charge >= 0.3 is 0 Å². The Hall–Kier alpha value is -1.09. The van der Waals surface area contributed by atoms with E-state index in [1.54, 1.807) is 6.20 Å². The lowest BCUT2D eigenvalue weighted by Gasteiger charge is -2.24. The van der Waals surface area contributed by atoms with Gasteiger partial charge in [0.15, 0.2) is 5.15 Å². The zero-order chi connectivity index (χ0) is 19.5. The normalized spacial score (nSPS) is 14.3. The molecule has 0 spiro atoms. The number of halogens is 3. The van der Waals surface area contributed by atoms with Gasteiger partial charge in [-0.25, -0.2) is 22.7 Å². The van der Waals surface area contributed by atoms with Crippen LogP contribution in [0, 0.1) is 11.6 Å².